The van der Waals surface area contributed by atoms with Crippen LogP contribution in [0.3, 0.4) is 0 Å². The highest BCUT2D eigenvalue weighted by Gasteiger charge is 2.08. The second kappa shape index (κ2) is 8.31. The summed E-state index contributed by atoms with van der Waals surface area (Å²) in [4.78, 5) is 12.5. The van der Waals surface area contributed by atoms with Crippen LogP contribution in [-0.4, -0.2) is 16.1 Å². The van der Waals surface area contributed by atoms with Gasteiger partial charge in [0, 0.05) is 22.5 Å². The lowest BCUT2D eigenvalue weighted by Crippen LogP contribution is -2.11. The number of halogens is 1. The van der Waals surface area contributed by atoms with Crippen molar-refractivity contribution in [1.82, 2.24) is 10.2 Å². The van der Waals surface area contributed by atoms with Gasteiger partial charge in [-0.3, -0.25) is 4.79 Å². The van der Waals surface area contributed by atoms with E-state index in [1.807, 2.05) is 36.4 Å². The molecule has 0 radical (unpaired) electrons. The third-order valence-corrected chi connectivity index (χ3v) is 4.21. The molecule has 4 rings (SSSR count). The second-order valence-electron chi connectivity index (χ2n) is 6.34. The molecule has 0 atom stereocenters. The molecule has 0 saturated carbocycles. The van der Waals surface area contributed by atoms with Crippen molar-refractivity contribution in [1.29, 1.82) is 0 Å². The third-order valence-electron chi connectivity index (χ3n) is 4.21. The monoisotopic (exact) mass is 384 g/mol. The van der Waals surface area contributed by atoms with E-state index in [0.717, 1.165) is 5.69 Å². The summed E-state index contributed by atoms with van der Waals surface area (Å²) in [7, 11) is 0. The van der Waals surface area contributed by atoms with Gasteiger partial charge in [-0.1, -0.05) is 36.4 Å². The highest BCUT2D eigenvalue weighted by molar-refractivity contribution is 6.04. The summed E-state index contributed by atoms with van der Waals surface area (Å²) in [5.41, 5.74) is 3.19. The van der Waals surface area contributed by atoms with Crippen LogP contribution in [0.25, 0.3) is 11.3 Å². The molecule has 3 aromatic carbocycles. The largest absolute Gasteiger partial charge is 0.339 e. The van der Waals surface area contributed by atoms with Gasteiger partial charge in [-0.25, -0.2) is 4.39 Å². The van der Waals surface area contributed by atoms with E-state index in [-0.39, 0.29) is 11.7 Å². The fourth-order valence-corrected chi connectivity index (χ4v) is 2.81. The van der Waals surface area contributed by atoms with Crippen molar-refractivity contribution in [3.05, 3.63) is 102 Å². The molecule has 0 aliphatic carbocycles. The fourth-order valence-electron chi connectivity index (χ4n) is 2.81. The highest BCUT2D eigenvalue weighted by atomic mass is 19.1. The molecule has 2 N–H and O–H groups in total. The summed E-state index contributed by atoms with van der Waals surface area (Å²) in [6, 6.07) is 26.1. The first-order valence-corrected chi connectivity index (χ1v) is 9.00. The number of carbonyl (C=O) groups excluding carboxylic acids is 1. The van der Waals surface area contributed by atoms with Gasteiger partial charge in [-0.2, -0.15) is 0 Å². The molecule has 0 fully saturated rings. The minimum atomic E-state index is -0.322. The van der Waals surface area contributed by atoms with Gasteiger partial charge in [-0.05, 0) is 54.6 Å². The van der Waals surface area contributed by atoms with Crippen LogP contribution in [0.2, 0.25) is 0 Å². The summed E-state index contributed by atoms with van der Waals surface area (Å²) in [6.07, 6.45) is 0. The number of amides is 1. The summed E-state index contributed by atoms with van der Waals surface area (Å²) in [5, 5.41) is 14.3. The molecule has 1 heterocycles. The molecule has 4 aromatic rings. The van der Waals surface area contributed by atoms with Gasteiger partial charge in [0.1, 0.15) is 5.82 Å². The van der Waals surface area contributed by atoms with Gasteiger partial charge < -0.3 is 10.6 Å². The maximum absolute atomic E-state index is 13.4. The van der Waals surface area contributed by atoms with Crippen molar-refractivity contribution in [2.75, 3.05) is 10.6 Å². The average Bonchev–Trinajstić information content (AvgIpc) is 2.75. The Morgan fingerprint density at radius 3 is 2.31 bits per heavy atom. The average molecular weight is 384 g/mol. The molecule has 1 amide bonds. The van der Waals surface area contributed by atoms with Crippen molar-refractivity contribution in [2.45, 2.75) is 0 Å². The minimum Gasteiger partial charge on any atom is -0.339 e. The lowest BCUT2D eigenvalue weighted by Gasteiger charge is -2.09. The Bertz CT molecular complexity index is 1130. The second-order valence-corrected chi connectivity index (χ2v) is 6.34. The van der Waals surface area contributed by atoms with Gasteiger partial charge in [0.05, 0.1) is 5.69 Å². The number of nitrogens with one attached hydrogen (secondary N) is 2. The van der Waals surface area contributed by atoms with E-state index in [1.54, 1.807) is 42.5 Å². The van der Waals surface area contributed by atoms with E-state index in [2.05, 4.69) is 20.8 Å². The number of rotatable bonds is 5. The molecule has 29 heavy (non-hydrogen) atoms. The van der Waals surface area contributed by atoms with Crippen molar-refractivity contribution in [3.8, 4) is 11.3 Å². The van der Waals surface area contributed by atoms with Crippen LogP contribution in [0.1, 0.15) is 10.4 Å². The standard InChI is InChI=1S/C23H17FN4O/c24-18-8-4-6-16(14-18)21-12-13-22(28-27-21)25-20-11-5-7-17(15-20)23(29)26-19-9-2-1-3-10-19/h1-15H,(H,25,28)(H,26,29). The van der Waals surface area contributed by atoms with Crippen LogP contribution in [0.15, 0.2) is 91.0 Å². The molecular formula is C23H17FN4O. The zero-order valence-corrected chi connectivity index (χ0v) is 15.3. The number of anilines is 3. The Morgan fingerprint density at radius 1 is 0.759 bits per heavy atom. The molecule has 6 heteroatoms. The first-order valence-electron chi connectivity index (χ1n) is 9.00. The predicted octanol–water partition coefficient (Wildman–Crippen LogP) is 5.28. The fraction of sp³-hybridized carbons (Fsp3) is 0. The maximum Gasteiger partial charge on any atom is 0.255 e. The zero-order chi connectivity index (χ0) is 20.1. The van der Waals surface area contributed by atoms with Crippen molar-refractivity contribution < 1.29 is 9.18 Å². The van der Waals surface area contributed by atoms with Gasteiger partial charge >= 0.3 is 0 Å². The normalized spacial score (nSPS) is 10.4. The van der Waals surface area contributed by atoms with E-state index < -0.39 is 0 Å². The number of aromatic nitrogens is 2. The number of hydrogen-bond acceptors (Lipinski definition) is 4. The Balaban J connectivity index is 1.47. The third kappa shape index (κ3) is 4.62. The van der Waals surface area contributed by atoms with Gasteiger partial charge in [0.15, 0.2) is 5.82 Å². The molecule has 0 aliphatic rings. The first-order chi connectivity index (χ1) is 14.2. The number of hydrogen-bond donors (Lipinski definition) is 2. The van der Waals surface area contributed by atoms with Crippen LogP contribution in [0.5, 0.6) is 0 Å². The van der Waals surface area contributed by atoms with E-state index >= 15 is 0 Å². The van der Waals surface area contributed by atoms with E-state index in [4.69, 9.17) is 0 Å². The molecule has 0 saturated heterocycles. The molecule has 142 valence electrons. The Hall–Kier alpha value is -4.06. The summed E-state index contributed by atoms with van der Waals surface area (Å²) in [6.45, 7) is 0. The summed E-state index contributed by atoms with van der Waals surface area (Å²) in [5.74, 6) is -0.00440. The maximum atomic E-state index is 13.4. The van der Waals surface area contributed by atoms with Crippen molar-refractivity contribution >= 4 is 23.1 Å². The Kier molecular flexibility index (Phi) is 5.25. The van der Waals surface area contributed by atoms with Crippen LogP contribution in [0, 0.1) is 5.82 Å². The van der Waals surface area contributed by atoms with Crippen molar-refractivity contribution in [3.63, 3.8) is 0 Å². The number of para-hydroxylation sites is 1. The number of nitrogens with zero attached hydrogens (tertiary/aromatic N) is 2. The van der Waals surface area contributed by atoms with Gasteiger partial charge in [0.25, 0.3) is 5.91 Å². The van der Waals surface area contributed by atoms with Crippen molar-refractivity contribution in [2.24, 2.45) is 0 Å². The summed E-state index contributed by atoms with van der Waals surface area (Å²) >= 11 is 0. The number of carbonyl (C=O) groups is 1. The van der Waals surface area contributed by atoms with E-state index in [1.165, 1.54) is 12.1 Å². The Morgan fingerprint density at radius 2 is 1.55 bits per heavy atom. The lowest BCUT2D eigenvalue weighted by molar-refractivity contribution is 0.102. The van der Waals surface area contributed by atoms with E-state index in [9.17, 15) is 9.18 Å². The first kappa shape index (κ1) is 18.3. The molecule has 1 aromatic heterocycles. The zero-order valence-electron chi connectivity index (χ0n) is 15.3. The topological polar surface area (TPSA) is 66.9 Å². The molecule has 0 unspecified atom stereocenters. The van der Waals surface area contributed by atoms with Crippen LogP contribution >= 0.6 is 0 Å². The lowest BCUT2D eigenvalue weighted by atomic mass is 10.1. The highest BCUT2D eigenvalue weighted by Crippen LogP contribution is 2.20. The quantitative estimate of drug-likeness (QED) is 0.491. The van der Waals surface area contributed by atoms with Gasteiger partial charge in [-0.15, -0.1) is 10.2 Å². The molecule has 0 bridgehead atoms. The molecular weight excluding hydrogens is 367 g/mol. The van der Waals surface area contributed by atoms with Crippen LogP contribution in [0.4, 0.5) is 21.6 Å². The molecule has 0 aliphatic heterocycles. The van der Waals surface area contributed by atoms with E-state index in [0.29, 0.717) is 28.3 Å². The minimum absolute atomic E-state index is 0.201. The van der Waals surface area contributed by atoms with Crippen LogP contribution < -0.4 is 10.6 Å². The number of benzene rings is 3. The molecule has 0 spiro atoms. The summed E-state index contributed by atoms with van der Waals surface area (Å²) < 4.78 is 13.4. The SMILES string of the molecule is O=C(Nc1ccccc1)c1cccc(Nc2ccc(-c3cccc(F)c3)nn2)c1. The van der Waals surface area contributed by atoms with Crippen LogP contribution in [-0.2, 0) is 0 Å². The Labute approximate surface area is 167 Å². The predicted molar refractivity (Wildman–Crippen MR) is 112 cm³/mol. The molecule has 5 nitrogen and oxygen atoms in total. The smallest absolute Gasteiger partial charge is 0.255 e. The van der Waals surface area contributed by atoms with Gasteiger partial charge in [0.2, 0.25) is 0 Å².